The Hall–Kier alpha value is -2.09. The molecule has 1 aromatic rings. The highest BCUT2D eigenvalue weighted by Gasteiger charge is 2.28. The summed E-state index contributed by atoms with van der Waals surface area (Å²) in [5, 5.41) is 8.78. The molecule has 0 unspecified atom stereocenters. The number of piperidine rings is 1. The average molecular weight is 343 g/mol. The molecule has 0 atom stereocenters. The van der Waals surface area contributed by atoms with Crippen LogP contribution in [0, 0.1) is 17.2 Å². The lowest BCUT2D eigenvalue weighted by molar-refractivity contribution is 0.0102. The van der Waals surface area contributed by atoms with Crippen LogP contribution in [-0.2, 0) is 11.2 Å². The van der Waals surface area contributed by atoms with Crippen LogP contribution < -0.4 is 0 Å². The highest BCUT2D eigenvalue weighted by molar-refractivity contribution is 5.68. The van der Waals surface area contributed by atoms with E-state index in [1.807, 2.05) is 12.4 Å². The van der Waals surface area contributed by atoms with Crippen LogP contribution in [0.2, 0.25) is 0 Å². The number of rotatable bonds is 7. The zero-order chi connectivity index (χ0) is 18.1. The predicted molar refractivity (Wildman–Crippen MR) is 96.9 cm³/mol. The normalized spacial score (nSPS) is 15.6. The Morgan fingerprint density at radius 1 is 1.32 bits per heavy atom. The summed E-state index contributed by atoms with van der Waals surface area (Å²) in [6.07, 6.45) is 10.5. The largest absolute Gasteiger partial charge is 0.442 e. The van der Waals surface area contributed by atoms with Gasteiger partial charge < -0.3 is 9.64 Å². The Labute approximate surface area is 151 Å². The Morgan fingerprint density at radius 3 is 2.64 bits per heavy atom. The topological polar surface area (TPSA) is 66.2 Å². The van der Waals surface area contributed by atoms with E-state index in [1.165, 1.54) is 24.8 Å². The molecule has 0 bridgehead atoms. The van der Waals surface area contributed by atoms with Crippen molar-refractivity contribution in [3.63, 3.8) is 0 Å². The highest BCUT2D eigenvalue weighted by Crippen LogP contribution is 2.25. The van der Waals surface area contributed by atoms with Crippen LogP contribution in [0.1, 0.15) is 57.9 Å². The maximum absolute atomic E-state index is 12.2. The van der Waals surface area contributed by atoms with Crippen LogP contribution in [0.5, 0.6) is 0 Å². The third-order valence-corrected chi connectivity index (χ3v) is 4.82. The van der Waals surface area contributed by atoms with Crippen molar-refractivity contribution in [1.82, 2.24) is 9.88 Å². The van der Waals surface area contributed by atoms with E-state index in [4.69, 9.17) is 10.00 Å². The second kappa shape index (κ2) is 9.41. The van der Waals surface area contributed by atoms with Gasteiger partial charge in [-0.2, -0.15) is 5.26 Å². The molecule has 1 aromatic heterocycles. The Bertz CT molecular complexity index is 572. The number of likely N-dealkylation sites (tertiary alicyclic amines) is 1. The SMILES string of the molecule is CC(C)(CC#N)OC(=O)N1CCC(CCCCc2ccncc2)CC1. The van der Waals surface area contributed by atoms with Gasteiger partial charge in [0, 0.05) is 25.5 Å². The van der Waals surface area contributed by atoms with E-state index in [1.54, 1.807) is 18.7 Å². The number of pyridine rings is 1. The third-order valence-electron chi connectivity index (χ3n) is 4.82. The van der Waals surface area contributed by atoms with Gasteiger partial charge in [0.25, 0.3) is 0 Å². The van der Waals surface area contributed by atoms with E-state index in [-0.39, 0.29) is 12.5 Å². The van der Waals surface area contributed by atoms with Crippen LogP contribution in [0.4, 0.5) is 4.79 Å². The van der Waals surface area contributed by atoms with Gasteiger partial charge in [-0.15, -0.1) is 0 Å². The van der Waals surface area contributed by atoms with E-state index in [2.05, 4.69) is 23.2 Å². The zero-order valence-electron chi connectivity index (χ0n) is 15.4. The van der Waals surface area contributed by atoms with Crippen molar-refractivity contribution < 1.29 is 9.53 Å². The average Bonchev–Trinajstić information content (AvgIpc) is 2.59. The fourth-order valence-corrected chi connectivity index (χ4v) is 3.24. The predicted octanol–water partition coefficient (Wildman–Crippen LogP) is 4.34. The van der Waals surface area contributed by atoms with E-state index in [0.29, 0.717) is 5.92 Å². The number of ether oxygens (including phenoxy) is 1. The lowest BCUT2D eigenvalue weighted by Gasteiger charge is -2.34. The molecule has 2 rings (SSSR count). The summed E-state index contributed by atoms with van der Waals surface area (Å²) in [4.78, 5) is 18.0. The standard InChI is InChI=1S/C20H29N3O2/c1-20(2,11-12-21)25-19(24)23-15-9-18(10-16-23)6-4-3-5-17-7-13-22-14-8-17/h7-8,13-14,18H,3-6,9-11,15-16H2,1-2H3. The van der Waals surface area contributed by atoms with Gasteiger partial charge >= 0.3 is 6.09 Å². The molecular formula is C20H29N3O2. The molecule has 136 valence electrons. The molecule has 25 heavy (non-hydrogen) atoms. The van der Waals surface area contributed by atoms with Gasteiger partial charge in [-0.3, -0.25) is 4.98 Å². The maximum Gasteiger partial charge on any atom is 0.410 e. The van der Waals surface area contributed by atoms with Crippen molar-refractivity contribution in [2.75, 3.05) is 13.1 Å². The number of aromatic nitrogens is 1. The van der Waals surface area contributed by atoms with Crippen molar-refractivity contribution in [2.45, 2.75) is 64.4 Å². The Morgan fingerprint density at radius 2 is 2.00 bits per heavy atom. The van der Waals surface area contributed by atoms with E-state index >= 15 is 0 Å². The lowest BCUT2D eigenvalue weighted by Crippen LogP contribution is -2.42. The first kappa shape index (κ1) is 19.2. The zero-order valence-corrected chi connectivity index (χ0v) is 15.4. The van der Waals surface area contributed by atoms with E-state index < -0.39 is 5.60 Å². The number of nitrogens with zero attached hydrogens (tertiary/aromatic N) is 3. The lowest BCUT2D eigenvalue weighted by atomic mass is 9.91. The molecule has 0 N–H and O–H groups in total. The molecule has 1 aliphatic rings. The van der Waals surface area contributed by atoms with Gasteiger partial charge in [-0.1, -0.05) is 12.8 Å². The molecular weight excluding hydrogens is 314 g/mol. The molecule has 5 heteroatoms. The van der Waals surface area contributed by atoms with Gasteiger partial charge in [0.15, 0.2) is 0 Å². The maximum atomic E-state index is 12.2. The monoisotopic (exact) mass is 343 g/mol. The first-order valence-electron chi connectivity index (χ1n) is 9.24. The molecule has 0 saturated carbocycles. The number of carbonyl (C=O) groups excluding carboxylic acids is 1. The minimum absolute atomic E-state index is 0.215. The molecule has 1 aliphatic heterocycles. The van der Waals surface area contributed by atoms with Crippen LogP contribution >= 0.6 is 0 Å². The van der Waals surface area contributed by atoms with Gasteiger partial charge in [0.05, 0.1) is 12.5 Å². The summed E-state index contributed by atoms with van der Waals surface area (Å²) in [6.45, 7) is 5.08. The van der Waals surface area contributed by atoms with Gasteiger partial charge in [0.2, 0.25) is 0 Å². The molecule has 5 nitrogen and oxygen atoms in total. The minimum Gasteiger partial charge on any atom is -0.442 e. The number of unbranched alkanes of at least 4 members (excludes halogenated alkanes) is 1. The summed E-state index contributed by atoms with van der Waals surface area (Å²) in [5.41, 5.74) is 0.642. The second-order valence-electron chi connectivity index (χ2n) is 7.49. The number of aryl methyl sites for hydroxylation is 1. The van der Waals surface area contributed by atoms with Gasteiger partial charge in [0.1, 0.15) is 5.60 Å². The fraction of sp³-hybridized carbons (Fsp3) is 0.650. The second-order valence-corrected chi connectivity index (χ2v) is 7.49. The number of amides is 1. The van der Waals surface area contributed by atoms with E-state index in [9.17, 15) is 4.79 Å². The minimum atomic E-state index is -0.713. The quantitative estimate of drug-likeness (QED) is 0.691. The van der Waals surface area contributed by atoms with E-state index in [0.717, 1.165) is 32.4 Å². The highest BCUT2D eigenvalue weighted by atomic mass is 16.6. The summed E-state index contributed by atoms with van der Waals surface area (Å²) >= 11 is 0. The molecule has 0 spiro atoms. The summed E-state index contributed by atoms with van der Waals surface area (Å²) in [7, 11) is 0. The first-order valence-corrected chi connectivity index (χ1v) is 9.24. The smallest absolute Gasteiger partial charge is 0.410 e. The summed E-state index contributed by atoms with van der Waals surface area (Å²) in [6, 6.07) is 6.23. The van der Waals surface area contributed by atoms with Crippen molar-refractivity contribution in [2.24, 2.45) is 5.92 Å². The number of carbonyl (C=O) groups is 1. The van der Waals surface area contributed by atoms with Crippen molar-refractivity contribution in [3.05, 3.63) is 30.1 Å². The van der Waals surface area contributed by atoms with Crippen LogP contribution in [0.3, 0.4) is 0 Å². The summed E-state index contributed by atoms with van der Waals surface area (Å²) < 4.78 is 5.46. The molecule has 0 aliphatic carbocycles. The number of nitriles is 1. The summed E-state index contributed by atoms with van der Waals surface area (Å²) in [5.74, 6) is 0.702. The Balaban J connectivity index is 1.62. The Kier molecular flexibility index (Phi) is 7.24. The first-order chi connectivity index (χ1) is 12.0. The van der Waals surface area contributed by atoms with Crippen LogP contribution in [-0.4, -0.2) is 34.7 Å². The van der Waals surface area contributed by atoms with Gasteiger partial charge in [-0.05, 0) is 63.1 Å². The number of hydrogen-bond donors (Lipinski definition) is 0. The van der Waals surface area contributed by atoms with Crippen LogP contribution in [0.25, 0.3) is 0 Å². The fourth-order valence-electron chi connectivity index (χ4n) is 3.24. The molecule has 0 aromatic carbocycles. The van der Waals surface area contributed by atoms with Crippen LogP contribution in [0.15, 0.2) is 24.5 Å². The van der Waals surface area contributed by atoms with Crippen molar-refractivity contribution in [3.8, 4) is 6.07 Å². The number of hydrogen-bond acceptors (Lipinski definition) is 4. The third kappa shape index (κ3) is 6.74. The van der Waals surface area contributed by atoms with Gasteiger partial charge in [-0.25, -0.2) is 4.79 Å². The molecule has 1 amide bonds. The van der Waals surface area contributed by atoms with Crippen molar-refractivity contribution >= 4 is 6.09 Å². The molecule has 1 saturated heterocycles. The molecule has 0 radical (unpaired) electrons. The molecule has 1 fully saturated rings. The van der Waals surface area contributed by atoms with Crippen molar-refractivity contribution in [1.29, 1.82) is 5.26 Å². The molecule has 2 heterocycles.